The lowest BCUT2D eigenvalue weighted by Crippen LogP contribution is -1.94. The molecule has 0 bridgehead atoms. The molecule has 0 saturated heterocycles. The minimum Gasteiger partial charge on any atom is -0.466 e. The second-order valence-corrected chi connectivity index (χ2v) is 6.89. The van der Waals surface area contributed by atoms with Crippen LogP contribution < -0.4 is 0 Å². The first-order chi connectivity index (χ1) is 12.1. The van der Waals surface area contributed by atoms with Crippen LogP contribution in [0.15, 0.2) is 77.1 Å². The van der Waals surface area contributed by atoms with Crippen molar-refractivity contribution in [3.05, 3.63) is 83.3 Å². The Balaban J connectivity index is 2.19. The van der Waals surface area contributed by atoms with Crippen molar-refractivity contribution < 1.29 is 13.7 Å². The maximum atomic E-state index is 12.7. The molecule has 3 nitrogen and oxygen atoms in total. The number of esters is 1. The van der Waals surface area contributed by atoms with E-state index in [1.165, 1.54) is 13.2 Å². The van der Waals surface area contributed by atoms with E-state index in [1.54, 1.807) is 11.5 Å². The molecule has 0 fully saturated rings. The molecule has 4 heteroatoms. The molecule has 0 spiro atoms. The second-order valence-electron chi connectivity index (χ2n) is 5.58. The van der Waals surface area contributed by atoms with Crippen LogP contribution in [0.2, 0.25) is 0 Å². The first kappa shape index (κ1) is 18.9. The molecule has 0 aliphatic carbocycles. The lowest BCUT2D eigenvalue weighted by atomic mass is 10.0. The molecule has 0 aliphatic heterocycles. The second kappa shape index (κ2) is 9.74. The van der Waals surface area contributed by atoms with Crippen LogP contribution in [0.1, 0.15) is 24.0 Å². The van der Waals surface area contributed by atoms with Gasteiger partial charge in [0, 0.05) is 16.4 Å². The Bertz CT molecular complexity index is 775. The van der Waals surface area contributed by atoms with E-state index in [1.807, 2.05) is 61.5 Å². The molecular formula is C21H22O3S. The highest BCUT2D eigenvalue weighted by molar-refractivity contribution is 7.88. The van der Waals surface area contributed by atoms with Crippen molar-refractivity contribution >= 4 is 22.3 Å². The summed E-state index contributed by atoms with van der Waals surface area (Å²) in [6.07, 6.45) is 4.55. The molecular weight excluding hydrogens is 332 g/mol. The van der Waals surface area contributed by atoms with Crippen molar-refractivity contribution in [2.24, 2.45) is 0 Å². The number of carbonyl (C=O) groups excluding carboxylic acids is 1. The van der Waals surface area contributed by atoms with Crippen molar-refractivity contribution in [2.75, 3.05) is 7.11 Å². The van der Waals surface area contributed by atoms with E-state index in [4.69, 9.17) is 0 Å². The van der Waals surface area contributed by atoms with Gasteiger partial charge in [-0.1, -0.05) is 54.1 Å². The highest BCUT2D eigenvalue weighted by atomic mass is 32.2. The molecule has 2 rings (SSSR count). The molecule has 25 heavy (non-hydrogen) atoms. The number of aryl methyl sites for hydroxylation is 1. The summed E-state index contributed by atoms with van der Waals surface area (Å²) in [6, 6.07) is 17.6. The van der Waals surface area contributed by atoms with E-state index in [0.717, 1.165) is 21.6 Å². The Kier molecular flexibility index (Phi) is 7.36. The monoisotopic (exact) mass is 354 g/mol. The number of benzene rings is 2. The number of methoxy groups -OCH3 is 1. The zero-order valence-electron chi connectivity index (χ0n) is 14.5. The highest BCUT2D eigenvalue weighted by Crippen LogP contribution is 2.23. The van der Waals surface area contributed by atoms with Crippen molar-refractivity contribution in [2.45, 2.75) is 24.7 Å². The third-order valence-corrected chi connectivity index (χ3v) is 4.92. The maximum Gasteiger partial charge on any atom is 0.330 e. The summed E-state index contributed by atoms with van der Waals surface area (Å²) in [7, 11) is 0.138. The first-order valence-corrected chi connectivity index (χ1v) is 9.29. The van der Waals surface area contributed by atoms with Crippen LogP contribution >= 0.6 is 0 Å². The van der Waals surface area contributed by atoms with E-state index in [2.05, 4.69) is 4.74 Å². The van der Waals surface area contributed by atoms with Gasteiger partial charge in [0.05, 0.1) is 17.9 Å². The maximum absolute atomic E-state index is 12.7. The molecule has 130 valence electrons. The van der Waals surface area contributed by atoms with E-state index in [0.29, 0.717) is 12.8 Å². The zero-order chi connectivity index (χ0) is 18.1. The van der Waals surface area contributed by atoms with Gasteiger partial charge in [0.2, 0.25) is 0 Å². The molecule has 0 radical (unpaired) electrons. The summed E-state index contributed by atoms with van der Waals surface area (Å²) in [4.78, 5) is 11.9. The smallest absolute Gasteiger partial charge is 0.330 e. The van der Waals surface area contributed by atoms with Gasteiger partial charge < -0.3 is 4.74 Å². The normalized spacial score (nSPS) is 13.0. The third-order valence-electron chi connectivity index (χ3n) is 3.68. The fourth-order valence-corrected chi connectivity index (χ4v) is 3.33. The van der Waals surface area contributed by atoms with Crippen LogP contribution in [0.4, 0.5) is 0 Å². The van der Waals surface area contributed by atoms with Crippen LogP contribution in [-0.4, -0.2) is 17.3 Å². The van der Waals surface area contributed by atoms with Gasteiger partial charge in [0.1, 0.15) is 0 Å². The summed E-state index contributed by atoms with van der Waals surface area (Å²) in [6.45, 7) is 2.01. The van der Waals surface area contributed by atoms with E-state index in [9.17, 15) is 9.00 Å². The first-order valence-electron chi connectivity index (χ1n) is 8.08. The van der Waals surface area contributed by atoms with E-state index in [-0.39, 0.29) is 5.97 Å². The van der Waals surface area contributed by atoms with Crippen LogP contribution in [0.5, 0.6) is 0 Å². The third kappa shape index (κ3) is 6.16. The predicted molar refractivity (Wildman–Crippen MR) is 102 cm³/mol. The summed E-state index contributed by atoms with van der Waals surface area (Å²) >= 11 is 0. The predicted octanol–water partition coefficient (Wildman–Crippen LogP) is 4.65. The van der Waals surface area contributed by atoms with E-state index >= 15 is 0 Å². The minimum atomic E-state index is -1.22. The van der Waals surface area contributed by atoms with Crippen LogP contribution in [-0.2, 0) is 20.3 Å². The van der Waals surface area contributed by atoms with Gasteiger partial charge in [-0.3, -0.25) is 0 Å². The van der Waals surface area contributed by atoms with Crippen LogP contribution in [0.25, 0.3) is 5.57 Å². The Morgan fingerprint density at radius 2 is 1.76 bits per heavy atom. The van der Waals surface area contributed by atoms with Gasteiger partial charge >= 0.3 is 5.97 Å². The van der Waals surface area contributed by atoms with Gasteiger partial charge in [-0.05, 0) is 43.0 Å². The average molecular weight is 354 g/mol. The molecule has 0 amide bonds. The average Bonchev–Trinajstić information content (AvgIpc) is 2.65. The SMILES string of the molecule is COC(=O)/C=C\CC/C(=C/[S@@](=O)c1ccc(C)cc1)c1ccccc1. The Hall–Kier alpha value is -2.46. The molecule has 0 N–H and O–H groups in total. The summed E-state index contributed by atoms with van der Waals surface area (Å²) in [5.74, 6) is -0.367. The fourth-order valence-electron chi connectivity index (χ4n) is 2.28. The standard InChI is InChI=1S/C21H22O3S/c1-17-12-14-20(15-13-17)25(23)16-19(18-8-4-3-5-9-18)10-6-7-11-21(22)24-2/h3-5,7-9,11-16H,6,10H2,1-2H3/b11-7-,19-16-/t25-/m1/s1. The number of hydrogen-bond donors (Lipinski definition) is 0. The Labute approximate surface area is 151 Å². The molecule has 0 heterocycles. The largest absolute Gasteiger partial charge is 0.466 e. The van der Waals surface area contributed by atoms with Gasteiger partial charge in [-0.15, -0.1) is 0 Å². The number of ether oxygens (including phenoxy) is 1. The zero-order valence-corrected chi connectivity index (χ0v) is 15.3. The van der Waals surface area contributed by atoms with Crippen molar-refractivity contribution in [3.8, 4) is 0 Å². The molecule has 0 aromatic heterocycles. The van der Waals surface area contributed by atoms with Crippen molar-refractivity contribution in [1.29, 1.82) is 0 Å². The van der Waals surface area contributed by atoms with Gasteiger partial charge in [0.25, 0.3) is 0 Å². The molecule has 2 aromatic carbocycles. The minimum absolute atomic E-state index is 0.367. The molecule has 0 aliphatic rings. The van der Waals surface area contributed by atoms with Crippen LogP contribution in [0.3, 0.4) is 0 Å². The van der Waals surface area contributed by atoms with E-state index < -0.39 is 10.8 Å². The van der Waals surface area contributed by atoms with Crippen molar-refractivity contribution in [3.63, 3.8) is 0 Å². The Morgan fingerprint density at radius 3 is 2.40 bits per heavy atom. The molecule has 0 unspecified atom stereocenters. The summed E-state index contributed by atoms with van der Waals surface area (Å²) in [5.41, 5.74) is 3.17. The van der Waals surface area contributed by atoms with Gasteiger partial charge in [-0.2, -0.15) is 0 Å². The van der Waals surface area contributed by atoms with Gasteiger partial charge in [-0.25, -0.2) is 9.00 Å². The summed E-state index contributed by atoms with van der Waals surface area (Å²) < 4.78 is 17.3. The van der Waals surface area contributed by atoms with Crippen molar-refractivity contribution in [1.82, 2.24) is 0 Å². The Morgan fingerprint density at radius 1 is 1.08 bits per heavy atom. The summed E-state index contributed by atoms with van der Waals surface area (Å²) in [5, 5.41) is 1.80. The number of hydrogen-bond acceptors (Lipinski definition) is 3. The quantitative estimate of drug-likeness (QED) is 0.537. The number of rotatable bonds is 7. The lowest BCUT2D eigenvalue weighted by molar-refractivity contribution is -0.134. The number of carbonyl (C=O) groups is 1. The highest BCUT2D eigenvalue weighted by Gasteiger charge is 2.06. The topological polar surface area (TPSA) is 43.4 Å². The molecule has 1 atom stereocenters. The molecule has 2 aromatic rings. The molecule has 0 saturated carbocycles. The van der Waals surface area contributed by atoms with Gasteiger partial charge in [0.15, 0.2) is 0 Å². The number of allylic oxidation sites excluding steroid dienone is 2. The lowest BCUT2D eigenvalue weighted by Gasteiger charge is -2.07. The van der Waals surface area contributed by atoms with Crippen LogP contribution in [0, 0.1) is 6.92 Å². The fraction of sp³-hybridized carbons (Fsp3) is 0.190.